The molecular formula is C76H67N12O8+. The molecule has 4 aliphatic rings. The lowest BCUT2D eigenvalue weighted by molar-refractivity contribution is -0.709. The molecule has 8 aromatic heterocycles. The van der Waals surface area contributed by atoms with Gasteiger partial charge < -0.3 is 38.5 Å². The van der Waals surface area contributed by atoms with E-state index in [4.69, 9.17) is 43.9 Å². The number of carbonyl (C=O) groups is 4. The van der Waals surface area contributed by atoms with Crippen molar-refractivity contribution in [3.8, 4) is 45.0 Å². The molecule has 3 N–H and O–H groups in total. The third kappa shape index (κ3) is 11.6. The fraction of sp³-hybridized carbons (Fsp3) is 0.184. The molecule has 0 unspecified atom stereocenters. The van der Waals surface area contributed by atoms with E-state index < -0.39 is 5.97 Å². The molecule has 0 atom stereocenters. The summed E-state index contributed by atoms with van der Waals surface area (Å²) >= 11 is 0. The summed E-state index contributed by atoms with van der Waals surface area (Å²) in [5.41, 5.74) is 18.8. The number of hydrogen-bond acceptors (Lipinski definition) is 13. The first-order valence-electron chi connectivity index (χ1n) is 31.6. The van der Waals surface area contributed by atoms with Crippen molar-refractivity contribution in [2.24, 2.45) is 14.1 Å². The molecule has 96 heavy (non-hydrogen) atoms. The van der Waals surface area contributed by atoms with Gasteiger partial charge in [0.1, 0.15) is 17.6 Å². The summed E-state index contributed by atoms with van der Waals surface area (Å²) in [4.78, 5) is 91.3. The Morgan fingerprint density at radius 3 is 1.18 bits per heavy atom. The van der Waals surface area contributed by atoms with Gasteiger partial charge in [0.2, 0.25) is 0 Å². The maximum absolute atomic E-state index is 13.6. The Bertz CT molecular complexity index is 5290. The normalized spacial score (nSPS) is 12.2. The van der Waals surface area contributed by atoms with Crippen LogP contribution in [0.4, 0.5) is 0 Å². The second-order valence-corrected chi connectivity index (χ2v) is 23.5. The Morgan fingerprint density at radius 2 is 0.760 bits per heavy atom. The second kappa shape index (κ2) is 26.1. The van der Waals surface area contributed by atoms with E-state index in [2.05, 4.69) is 24.3 Å². The van der Waals surface area contributed by atoms with Crippen LogP contribution < -0.4 is 4.68 Å². The Kier molecular flexibility index (Phi) is 16.7. The zero-order chi connectivity index (χ0) is 66.1. The molecule has 20 heteroatoms. The Hall–Kier alpha value is -12.1. The molecule has 0 fully saturated rings. The summed E-state index contributed by atoms with van der Waals surface area (Å²) in [6, 6.07) is 36.3. The van der Waals surface area contributed by atoms with Crippen molar-refractivity contribution < 1.29 is 42.8 Å². The minimum absolute atomic E-state index is 0.0179. The predicted molar refractivity (Wildman–Crippen MR) is 371 cm³/mol. The van der Waals surface area contributed by atoms with Crippen molar-refractivity contribution in [2.75, 3.05) is 28.4 Å². The smallest absolute Gasteiger partial charge is 0.317 e. The van der Waals surface area contributed by atoms with Crippen LogP contribution in [0.25, 0.3) is 138 Å². The quantitative estimate of drug-likeness (QED) is 0.0438. The topological polar surface area (TPSA) is 236 Å². The van der Waals surface area contributed by atoms with Crippen molar-refractivity contribution in [1.82, 2.24) is 53.7 Å². The zero-order valence-electron chi connectivity index (χ0n) is 53.8. The molecule has 0 aliphatic carbocycles. The minimum Gasteiger partial charge on any atom is -0.469 e. The highest BCUT2D eigenvalue weighted by Crippen LogP contribution is 2.39. The molecule has 2 aromatic carbocycles. The molecule has 10 aromatic rings. The highest BCUT2D eigenvalue weighted by molar-refractivity contribution is 5.97. The fourth-order valence-electron chi connectivity index (χ4n) is 13.2. The molecule has 0 radical (unpaired) electrons. The largest absolute Gasteiger partial charge is 0.469 e. The maximum Gasteiger partial charge on any atom is 0.317 e. The molecular weight excluding hydrogens is 1210 g/mol. The molecule has 16 bridgehead atoms. The van der Waals surface area contributed by atoms with Gasteiger partial charge in [-0.25, -0.2) is 29.5 Å². The predicted octanol–water partition coefficient (Wildman–Crippen LogP) is 12.9. The summed E-state index contributed by atoms with van der Waals surface area (Å²) in [6.07, 6.45) is 24.9. The third-order valence-electron chi connectivity index (χ3n) is 17.9. The van der Waals surface area contributed by atoms with Gasteiger partial charge in [0.15, 0.2) is 6.20 Å². The Labute approximate surface area is 551 Å². The first-order valence-corrected chi connectivity index (χ1v) is 31.6. The standard InChI is InChI=1S/C76H66N12O8/c1-85-42-41-77-75(85)74-64-34-26-56(83-64)49(19-39-69(91)95-5)53-23-30-60(80-53)72(46-15-11-8-12-16-46)61-31-27-57(84-61)50(20-40-70(92)96-6)65-35-36-66(74)88(65)87-44-43-86(2)76(87)73-62-32-24-54(81-62)47(17-37-67(89)93-3)51-21-28-58(78-51)71(45-13-9-7-10-14-45)59-29-22-52(79-59)48(18-38-68(90)94-4)55-25-33-63(73)82-55/h7-16,21-36,41-44H,17-20,37-40H2,1-6H3,(H2,77,78,79,80,81,82,83,84)/p+1. The number of ether oxygens (including phenoxy) is 4. The molecule has 0 spiro atoms. The van der Waals surface area contributed by atoms with Gasteiger partial charge in [-0.2, -0.15) is 4.68 Å². The number of esters is 4. The average molecular weight is 1280 g/mol. The number of rotatable bonds is 17. The highest BCUT2D eigenvalue weighted by Gasteiger charge is 2.31. The van der Waals surface area contributed by atoms with Gasteiger partial charge in [0, 0.05) is 106 Å². The van der Waals surface area contributed by atoms with Gasteiger partial charge in [0.25, 0.3) is 0 Å². The number of hydrogen-bond donors (Lipinski definition) is 3. The van der Waals surface area contributed by atoms with Crippen LogP contribution in [0, 0.1) is 0 Å². The van der Waals surface area contributed by atoms with Crippen molar-refractivity contribution >= 4 is 117 Å². The van der Waals surface area contributed by atoms with Crippen molar-refractivity contribution in [2.45, 2.75) is 51.4 Å². The minimum atomic E-state index is -0.400. The van der Waals surface area contributed by atoms with Gasteiger partial charge >= 0.3 is 29.7 Å². The van der Waals surface area contributed by atoms with E-state index in [1.165, 1.54) is 28.4 Å². The third-order valence-corrected chi connectivity index (χ3v) is 17.9. The molecule has 0 saturated heterocycles. The first kappa shape index (κ1) is 61.4. The van der Waals surface area contributed by atoms with Crippen LogP contribution in [0.3, 0.4) is 0 Å². The number of aromatic amines is 3. The van der Waals surface area contributed by atoms with E-state index in [9.17, 15) is 19.2 Å². The van der Waals surface area contributed by atoms with Crippen LogP contribution >= 0.6 is 0 Å². The number of aromatic nitrogens is 12. The molecule has 12 heterocycles. The Morgan fingerprint density at radius 1 is 0.396 bits per heavy atom. The SMILES string of the molecule is COC(=O)CCc1c2nc(c(-c3n(C)cc[n+]3-n3c4ccc3c(-c3nccn3C)c3nc(c(CCC(=O)OC)c5ccc([nH]5)c(-c5ccccc5)c5nc(c4CCC(=O)OC)C=C5)C=C3)c3ccc([nH]3)c(CCC(=O)OC)c3nc(c(-c4ccccc4)c4ccc1[nH]4)C=C3)C=C2. The second-order valence-electron chi connectivity index (χ2n) is 23.5. The van der Waals surface area contributed by atoms with Gasteiger partial charge in [-0.3, -0.25) is 19.2 Å². The summed E-state index contributed by atoms with van der Waals surface area (Å²) in [6.45, 7) is 0. The maximum atomic E-state index is 13.6. The van der Waals surface area contributed by atoms with Crippen molar-refractivity contribution in [1.29, 1.82) is 0 Å². The van der Waals surface area contributed by atoms with Gasteiger partial charge in [-0.1, -0.05) is 60.7 Å². The molecule has 478 valence electrons. The average Bonchev–Trinajstić information content (AvgIpc) is 1.57. The Balaban J connectivity index is 1.14. The molecule has 0 saturated carbocycles. The lowest BCUT2D eigenvalue weighted by Gasteiger charge is -2.13. The van der Waals surface area contributed by atoms with E-state index in [1.807, 2.05) is 200 Å². The summed E-state index contributed by atoms with van der Waals surface area (Å²) in [7, 11) is 9.48. The summed E-state index contributed by atoms with van der Waals surface area (Å²) in [5.74, 6) is -0.257. The molecule has 20 nitrogen and oxygen atoms in total. The van der Waals surface area contributed by atoms with E-state index in [1.54, 1.807) is 6.20 Å². The lowest BCUT2D eigenvalue weighted by Crippen LogP contribution is -2.43. The van der Waals surface area contributed by atoms with Crippen LogP contribution in [0.2, 0.25) is 0 Å². The van der Waals surface area contributed by atoms with Gasteiger partial charge in [0.05, 0.1) is 103 Å². The van der Waals surface area contributed by atoms with Crippen LogP contribution in [0.5, 0.6) is 0 Å². The molecule has 14 rings (SSSR count). The van der Waals surface area contributed by atoms with E-state index in [-0.39, 0.29) is 62.9 Å². The number of imidazole rings is 2. The van der Waals surface area contributed by atoms with E-state index in [0.717, 1.165) is 66.6 Å². The highest BCUT2D eigenvalue weighted by atomic mass is 16.5. The van der Waals surface area contributed by atoms with Gasteiger partial charge in [-0.05, 0) is 134 Å². The van der Waals surface area contributed by atoms with Gasteiger partial charge in [-0.15, -0.1) is 4.68 Å². The van der Waals surface area contributed by atoms with Crippen LogP contribution in [0.15, 0.2) is 134 Å². The number of nitrogens with one attached hydrogen (secondary N) is 3. The van der Waals surface area contributed by atoms with Crippen LogP contribution in [-0.2, 0) is 77.9 Å². The van der Waals surface area contributed by atoms with Crippen molar-refractivity contribution in [3.05, 3.63) is 202 Å². The zero-order valence-corrected chi connectivity index (χ0v) is 53.8. The number of benzene rings is 2. The molecule has 4 aliphatic heterocycles. The summed E-state index contributed by atoms with van der Waals surface area (Å²) < 4.78 is 29.2. The van der Waals surface area contributed by atoms with Crippen LogP contribution in [-0.4, -0.2) is 106 Å². The first-order chi connectivity index (χ1) is 46.9. The number of methoxy groups -OCH3 is 4. The number of nitrogens with zero attached hydrogens (tertiary/aromatic N) is 9. The van der Waals surface area contributed by atoms with Crippen molar-refractivity contribution in [3.63, 3.8) is 0 Å². The fourth-order valence-corrected chi connectivity index (χ4v) is 13.2. The van der Waals surface area contributed by atoms with E-state index >= 15 is 0 Å². The number of carbonyl (C=O) groups excluding carboxylic acids is 4. The monoisotopic (exact) mass is 1280 g/mol. The van der Waals surface area contributed by atoms with Crippen LogP contribution in [0.1, 0.15) is 93.5 Å². The van der Waals surface area contributed by atoms with E-state index in [0.29, 0.717) is 96.8 Å². The number of aryl methyl sites for hydroxylation is 6. The molecule has 0 amide bonds. The lowest BCUT2D eigenvalue weighted by atomic mass is 10.0. The number of fused-ring (bicyclic) bond motifs is 16. The summed E-state index contributed by atoms with van der Waals surface area (Å²) in [5, 5.41) is 0. The number of H-pyrrole nitrogens is 3.